The van der Waals surface area contributed by atoms with Crippen LogP contribution < -0.4 is 0 Å². The maximum absolute atomic E-state index is 13.7. The Morgan fingerprint density at radius 2 is 2.05 bits per heavy atom. The van der Waals surface area contributed by atoms with Crippen molar-refractivity contribution in [1.82, 2.24) is 4.90 Å². The molecule has 1 heterocycles. The van der Waals surface area contributed by atoms with Gasteiger partial charge in [0.05, 0.1) is 6.54 Å². The Hall–Kier alpha value is -2.14. The number of halogens is 1. The fourth-order valence-electron chi connectivity index (χ4n) is 2.02. The minimum Gasteiger partial charge on any atom is -0.475 e. The van der Waals surface area contributed by atoms with E-state index in [1.165, 1.54) is 12.1 Å². The van der Waals surface area contributed by atoms with Gasteiger partial charge in [0.25, 0.3) is 0 Å². The van der Waals surface area contributed by atoms with E-state index in [2.05, 4.69) is 0 Å². The molecule has 0 aliphatic rings. The van der Waals surface area contributed by atoms with Crippen LogP contribution in [0, 0.1) is 12.7 Å². The quantitative estimate of drug-likeness (QED) is 0.912. The van der Waals surface area contributed by atoms with Crippen molar-refractivity contribution in [3.8, 4) is 0 Å². The summed E-state index contributed by atoms with van der Waals surface area (Å²) in [4.78, 5) is 12.6. The molecule has 0 unspecified atom stereocenters. The minimum atomic E-state index is -1.09. The number of aryl methyl sites for hydroxylation is 1. The highest BCUT2D eigenvalue weighted by Gasteiger charge is 2.12. The third-order valence-corrected chi connectivity index (χ3v) is 2.94. The summed E-state index contributed by atoms with van der Waals surface area (Å²) < 4.78 is 18.8. The Morgan fingerprint density at radius 3 is 2.70 bits per heavy atom. The van der Waals surface area contributed by atoms with Gasteiger partial charge >= 0.3 is 5.97 Å². The number of aromatic carboxylic acids is 1. The maximum Gasteiger partial charge on any atom is 0.371 e. The Morgan fingerprint density at radius 1 is 1.30 bits per heavy atom. The highest BCUT2D eigenvalue weighted by atomic mass is 19.1. The Balaban J connectivity index is 2.02. The predicted molar refractivity (Wildman–Crippen MR) is 72.0 cm³/mol. The van der Waals surface area contributed by atoms with Gasteiger partial charge in [-0.2, -0.15) is 0 Å². The molecule has 0 amide bonds. The SMILES string of the molecule is Cc1ccc(F)c(CN(C)Cc2ccc(C(=O)O)o2)c1. The van der Waals surface area contributed by atoms with Crippen LogP contribution in [0.5, 0.6) is 0 Å². The molecule has 0 aliphatic heterocycles. The van der Waals surface area contributed by atoms with E-state index in [9.17, 15) is 9.18 Å². The predicted octanol–water partition coefficient (Wildman–Crippen LogP) is 3.06. The summed E-state index contributed by atoms with van der Waals surface area (Å²) in [6.45, 7) is 2.76. The first kappa shape index (κ1) is 14.3. The molecule has 1 N–H and O–H groups in total. The van der Waals surface area contributed by atoms with Crippen molar-refractivity contribution in [2.75, 3.05) is 7.05 Å². The zero-order chi connectivity index (χ0) is 14.7. The van der Waals surface area contributed by atoms with Gasteiger partial charge in [0.2, 0.25) is 5.76 Å². The van der Waals surface area contributed by atoms with Gasteiger partial charge in [-0.1, -0.05) is 17.7 Å². The summed E-state index contributed by atoms with van der Waals surface area (Å²) in [7, 11) is 1.82. The average molecular weight is 277 g/mol. The van der Waals surface area contributed by atoms with Gasteiger partial charge in [0, 0.05) is 12.1 Å². The fourth-order valence-corrected chi connectivity index (χ4v) is 2.02. The second-order valence-electron chi connectivity index (χ2n) is 4.84. The van der Waals surface area contributed by atoms with Crippen molar-refractivity contribution in [3.63, 3.8) is 0 Å². The van der Waals surface area contributed by atoms with Crippen LogP contribution in [-0.2, 0) is 13.1 Å². The molecule has 4 nitrogen and oxygen atoms in total. The van der Waals surface area contributed by atoms with Crippen LogP contribution in [0.2, 0.25) is 0 Å². The molecule has 5 heteroatoms. The van der Waals surface area contributed by atoms with Gasteiger partial charge < -0.3 is 9.52 Å². The van der Waals surface area contributed by atoms with E-state index in [1.54, 1.807) is 18.2 Å². The lowest BCUT2D eigenvalue weighted by Gasteiger charge is -2.16. The molecule has 106 valence electrons. The lowest BCUT2D eigenvalue weighted by Crippen LogP contribution is -2.17. The highest BCUT2D eigenvalue weighted by molar-refractivity contribution is 5.84. The molecule has 20 heavy (non-hydrogen) atoms. The van der Waals surface area contributed by atoms with Crippen molar-refractivity contribution in [2.24, 2.45) is 0 Å². The van der Waals surface area contributed by atoms with E-state index in [-0.39, 0.29) is 11.6 Å². The van der Waals surface area contributed by atoms with Crippen LogP contribution in [0.3, 0.4) is 0 Å². The Labute approximate surface area is 116 Å². The molecule has 0 fully saturated rings. The molecule has 0 saturated carbocycles. The Kier molecular flexibility index (Phi) is 4.20. The van der Waals surface area contributed by atoms with Crippen LogP contribution >= 0.6 is 0 Å². The standard InChI is InChI=1S/C15H16FNO3/c1-10-3-5-13(16)11(7-10)8-17(2)9-12-4-6-14(20-12)15(18)19/h3-7H,8-9H2,1-2H3,(H,18,19). The van der Waals surface area contributed by atoms with Gasteiger partial charge in [0.15, 0.2) is 0 Å². The lowest BCUT2D eigenvalue weighted by atomic mass is 10.1. The molecular formula is C15H16FNO3. The summed E-state index contributed by atoms with van der Waals surface area (Å²) >= 11 is 0. The van der Waals surface area contributed by atoms with Crippen molar-refractivity contribution in [1.29, 1.82) is 0 Å². The van der Waals surface area contributed by atoms with Gasteiger partial charge in [-0.05, 0) is 32.2 Å². The van der Waals surface area contributed by atoms with E-state index in [1.807, 2.05) is 18.9 Å². The summed E-state index contributed by atoms with van der Waals surface area (Å²) in [5, 5.41) is 8.78. The first-order valence-electron chi connectivity index (χ1n) is 6.21. The third kappa shape index (κ3) is 3.45. The van der Waals surface area contributed by atoms with Crippen LogP contribution in [-0.4, -0.2) is 23.0 Å². The second kappa shape index (κ2) is 5.88. The molecule has 2 rings (SSSR count). The largest absolute Gasteiger partial charge is 0.475 e. The van der Waals surface area contributed by atoms with E-state index >= 15 is 0 Å². The van der Waals surface area contributed by atoms with E-state index in [0.29, 0.717) is 24.4 Å². The molecule has 0 aliphatic carbocycles. The molecule has 1 aromatic heterocycles. The first-order valence-corrected chi connectivity index (χ1v) is 6.21. The summed E-state index contributed by atoms with van der Waals surface area (Å²) in [5.74, 6) is -0.884. The number of hydrogen-bond acceptors (Lipinski definition) is 3. The van der Waals surface area contributed by atoms with Gasteiger partial charge in [-0.15, -0.1) is 0 Å². The van der Waals surface area contributed by atoms with Crippen LogP contribution in [0.4, 0.5) is 4.39 Å². The van der Waals surface area contributed by atoms with Crippen LogP contribution in [0.15, 0.2) is 34.7 Å². The zero-order valence-electron chi connectivity index (χ0n) is 11.4. The van der Waals surface area contributed by atoms with Gasteiger partial charge in [0.1, 0.15) is 11.6 Å². The third-order valence-electron chi connectivity index (χ3n) is 2.94. The van der Waals surface area contributed by atoms with Crippen molar-refractivity contribution >= 4 is 5.97 Å². The second-order valence-corrected chi connectivity index (χ2v) is 4.84. The summed E-state index contributed by atoms with van der Waals surface area (Å²) in [6.07, 6.45) is 0. The minimum absolute atomic E-state index is 0.0878. The number of carboxylic acid groups (broad SMARTS) is 1. The highest BCUT2D eigenvalue weighted by Crippen LogP contribution is 2.15. The molecular weight excluding hydrogens is 261 g/mol. The topological polar surface area (TPSA) is 53.7 Å². The van der Waals surface area contributed by atoms with Gasteiger partial charge in [-0.25, -0.2) is 9.18 Å². The molecule has 2 aromatic rings. The molecule has 1 aromatic carbocycles. The van der Waals surface area contributed by atoms with Gasteiger partial charge in [-0.3, -0.25) is 4.90 Å². The summed E-state index contributed by atoms with van der Waals surface area (Å²) in [6, 6.07) is 8.01. The number of rotatable bonds is 5. The van der Waals surface area contributed by atoms with Crippen LogP contribution in [0.25, 0.3) is 0 Å². The normalized spacial score (nSPS) is 11.0. The lowest BCUT2D eigenvalue weighted by molar-refractivity contribution is 0.0658. The van der Waals surface area contributed by atoms with Crippen molar-refractivity contribution in [3.05, 3.63) is 58.8 Å². The molecule has 0 saturated heterocycles. The number of carbonyl (C=O) groups is 1. The molecule has 0 radical (unpaired) electrons. The molecule has 0 bridgehead atoms. The molecule has 0 atom stereocenters. The fraction of sp³-hybridized carbons (Fsp3) is 0.267. The number of hydrogen-bond donors (Lipinski definition) is 1. The summed E-state index contributed by atoms with van der Waals surface area (Å²) in [5.41, 5.74) is 1.61. The van der Waals surface area contributed by atoms with Crippen molar-refractivity contribution < 1.29 is 18.7 Å². The number of carboxylic acids is 1. The van der Waals surface area contributed by atoms with E-state index < -0.39 is 5.97 Å². The monoisotopic (exact) mass is 277 g/mol. The molecule has 0 spiro atoms. The van der Waals surface area contributed by atoms with Crippen LogP contribution in [0.1, 0.15) is 27.4 Å². The maximum atomic E-state index is 13.7. The Bertz CT molecular complexity index is 621. The number of benzene rings is 1. The number of furan rings is 1. The average Bonchev–Trinajstić information content (AvgIpc) is 2.82. The first-order chi connectivity index (χ1) is 9.45. The van der Waals surface area contributed by atoms with E-state index in [0.717, 1.165) is 5.56 Å². The zero-order valence-corrected chi connectivity index (χ0v) is 11.4. The number of nitrogens with zero attached hydrogens (tertiary/aromatic N) is 1. The van der Waals surface area contributed by atoms with Crippen molar-refractivity contribution in [2.45, 2.75) is 20.0 Å². The smallest absolute Gasteiger partial charge is 0.371 e. The van der Waals surface area contributed by atoms with E-state index in [4.69, 9.17) is 9.52 Å².